The molecule has 1 heterocycles. The number of halogens is 1. The Bertz CT molecular complexity index is 587. The Morgan fingerprint density at radius 1 is 1.47 bits per heavy atom. The molecule has 0 radical (unpaired) electrons. The number of sulfonamides is 1. The Kier molecular flexibility index (Phi) is 3.82. The minimum atomic E-state index is -3.56. The Morgan fingerprint density at radius 2 is 2.16 bits per heavy atom. The van der Waals surface area contributed by atoms with Crippen molar-refractivity contribution in [1.82, 2.24) is 4.31 Å². The minimum absolute atomic E-state index is 0.114. The van der Waals surface area contributed by atoms with E-state index in [1.807, 2.05) is 0 Å². The summed E-state index contributed by atoms with van der Waals surface area (Å²) in [7, 11) is -3.56. The Labute approximate surface area is 113 Å². The fraction of sp³-hybridized carbons (Fsp3) is 0.538. The van der Waals surface area contributed by atoms with Crippen molar-refractivity contribution in [2.75, 3.05) is 18.8 Å². The van der Waals surface area contributed by atoms with E-state index in [2.05, 4.69) is 6.92 Å². The van der Waals surface area contributed by atoms with E-state index in [0.717, 1.165) is 12.8 Å². The Hall–Kier alpha value is -1.14. The van der Waals surface area contributed by atoms with Crippen LogP contribution in [-0.4, -0.2) is 25.8 Å². The first-order valence-electron chi connectivity index (χ1n) is 6.42. The second kappa shape index (κ2) is 5.09. The fourth-order valence-electron chi connectivity index (χ4n) is 2.43. The zero-order chi connectivity index (χ0) is 14.2. The third-order valence-electron chi connectivity index (χ3n) is 3.74. The van der Waals surface area contributed by atoms with Gasteiger partial charge in [-0.2, -0.15) is 4.31 Å². The summed E-state index contributed by atoms with van der Waals surface area (Å²) in [5.41, 5.74) is 5.75. The molecule has 1 aliphatic heterocycles. The lowest BCUT2D eigenvalue weighted by atomic mass is 10.1. The standard InChI is InChI=1S/C13H19FN2O2S/c1-3-10-4-5-16(8-10)19(17,18)13-7-12(15)11(14)6-9(13)2/h6-7,10H,3-5,8,15H2,1-2H3. The van der Waals surface area contributed by atoms with Gasteiger partial charge in [0.2, 0.25) is 10.0 Å². The predicted octanol–water partition coefficient (Wildman–Crippen LogP) is 2.14. The van der Waals surface area contributed by atoms with Crippen molar-refractivity contribution >= 4 is 15.7 Å². The van der Waals surface area contributed by atoms with Crippen LogP contribution in [0.5, 0.6) is 0 Å². The summed E-state index contributed by atoms with van der Waals surface area (Å²) in [5.74, 6) is -0.169. The molecule has 1 fully saturated rings. The van der Waals surface area contributed by atoms with Gasteiger partial charge < -0.3 is 5.73 Å². The highest BCUT2D eigenvalue weighted by atomic mass is 32.2. The molecule has 0 aliphatic carbocycles. The van der Waals surface area contributed by atoms with Crippen molar-refractivity contribution in [3.8, 4) is 0 Å². The summed E-state index contributed by atoms with van der Waals surface area (Å²) >= 11 is 0. The molecule has 0 amide bonds. The molecule has 1 aromatic rings. The van der Waals surface area contributed by atoms with Crippen LogP contribution in [-0.2, 0) is 10.0 Å². The van der Waals surface area contributed by atoms with E-state index in [-0.39, 0.29) is 10.6 Å². The van der Waals surface area contributed by atoms with Crippen molar-refractivity contribution in [3.05, 3.63) is 23.5 Å². The largest absolute Gasteiger partial charge is 0.396 e. The number of nitrogens with zero attached hydrogens (tertiary/aromatic N) is 1. The van der Waals surface area contributed by atoms with Crippen LogP contribution in [0.15, 0.2) is 17.0 Å². The summed E-state index contributed by atoms with van der Waals surface area (Å²) in [6.07, 6.45) is 1.85. The van der Waals surface area contributed by atoms with Crippen molar-refractivity contribution in [2.24, 2.45) is 5.92 Å². The fourth-order valence-corrected chi connectivity index (χ4v) is 4.21. The highest BCUT2D eigenvalue weighted by molar-refractivity contribution is 7.89. The lowest BCUT2D eigenvalue weighted by Crippen LogP contribution is -2.29. The quantitative estimate of drug-likeness (QED) is 0.866. The number of hydrogen-bond donors (Lipinski definition) is 1. The van der Waals surface area contributed by atoms with Crippen LogP contribution in [0.4, 0.5) is 10.1 Å². The Morgan fingerprint density at radius 3 is 2.74 bits per heavy atom. The maximum Gasteiger partial charge on any atom is 0.243 e. The average molecular weight is 286 g/mol. The molecule has 0 aromatic heterocycles. The number of aryl methyl sites for hydroxylation is 1. The smallest absolute Gasteiger partial charge is 0.243 e. The Balaban J connectivity index is 2.38. The van der Waals surface area contributed by atoms with Gasteiger partial charge in [0.15, 0.2) is 0 Å². The van der Waals surface area contributed by atoms with Crippen molar-refractivity contribution in [2.45, 2.75) is 31.6 Å². The molecule has 4 nitrogen and oxygen atoms in total. The van der Waals surface area contributed by atoms with Crippen molar-refractivity contribution in [1.29, 1.82) is 0 Å². The van der Waals surface area contributed by atoms with Crippen LogP contribution in [0.25, 0.3) is 0 Å². The van der Waals surface area contributed by atoms with Gasteiger partial charge in [0, 0.05) is 13.1 Å². The van der Waals surface area contributed by atoms with E-state index in [9.17, 15) is 12.8 Å². The summed E-state index contributed by atoms with van der Waals surface area (Å²) in [6, 6.07) is 2.40. The predicted molar refractivity (Wildman–Crippen MR) is 72.7 cm³/mol. The molecular weight excluding hydrogens is 267 g/mol. The van der Waals surface area contributed by atoms with Gasteiger partial charge in [0.25, 0.3) is 0 Å². The zero-order valence-electron chi connectivity index (χ0n) is 11.2. The van der Waals surface area contributed by atoms with Crippen LogP contribution < -0.4 is 5.73 Å². The monoisotopic (exact) mass is 286 g/mol. The highest BCUT2D eigenvalue weighted by Crippen LogP contribution is 2.29. The first-order chi connectivity index (χ1) is 8.86. The molecule has 0 saturated carbocycles. The molecule has 2 N–H and O–H groups in total. The van der Waals surface area contributed by atoms with Gasteiger partial charge in [-0.15, -0.1) is 0 Å². The van der Waals surface area contributed by atoms with Crippen LogP contribution in [0.1, 0.15) is 25.3 Å². The molecule has 106 valence electrons. The lowest BCUT2D eigenvalue weighted by molar-refractivity contribution is 0.452. The van der Waals surface area contributed by atoms with E-state index in [0.29, 0.717) is 24.6 Å². The topological polar surface area (TPSA) is 63.4 Å². The number of hydrogen-bond acceptors (Lipinski definition) is 3. The molecule has 1 aromatic carbocycles. The molecule has 0 bridgehead atoms. The third kappa shape index (κ3) is 2.60. The van der Waals surface area contributed by atoms with E-state index in [1.54, 1.807) is 6.92 Å². The van der Waals surface area contributed by atoms with Crippen molar-refractivity contribution in [3.63, 3.8) is 0 Å². The molecule has 1 atom stereocenters. The zero-order valence-corrected chi connectivity index (χ0v) is 12.0. The molecule has 2 rings (SSSR count). The van der Waals surface area contributed by atoms with Gasteiger partial charge in [-0.05, 0) is 37.0 Å². The molecular formula is C13H19FN2O2S. The van der Waals surface area contributed by atoms with Crippen molar-refractivity contribution < 1.29 is 12.8 Å². The summed E-state index contributed by atoms with van der Waals surface area (Å²) in [4.78, 5) is 0.114. The SMILES string of the molecule is CCC1CCN(S(=O)(=O)c2cc(N)c(F)cc2C)C1. The van der Waals surface area contributed by atoms with E-state index in [4.69, 9.17) is 5.73 Å². The maximum absolute atomic E-state index is 13.3. The summed E-state index contributed by atoms with van der Waals surface area (Å²) < 4.78 is 39.8. The molecule has 1 saturated heterocycles. The average Bonchev–Trinajstić information content (AvgIpc) is 2.83. The highest BCUT2D eigenvalue weighted by Gasteiger charge is 2.32. The van der Waals surface area contributed by atoms with Gasteiger partial charge in [0.1, 0.15) is 5.82 Å². The van der Waals surface area contributed by atoms with Gasteiger partial charge in [-0.3, -0.25) is 0 Å². The normalized spacial score (nSPS) is 20.9. The van der Waals surface area contributed by atoms with Gasteiger partial charge in [0.05, 0.1) is 10.6 Å². The van der Waals surface area contributed by atoms with Gasteiger partial charge in [-0.25, -0.2) is 12.8 Å². The molecule has 19 heavy (non-hydrogen) atoms. The number of rotatable bonds is 3. The number of nitrogen functional groups attached to an aromatic ring is 1. The first-order valence-corrected chi connectivity index (χ1v) is 7.86. The number of nitrogens with two attached hydrogens (primary N) is 1. The van der Waals surface area contributed by atoms with Crippen LogP contribution >= 0.6 is 0 Å². The first kappa shape index (κ1) is 14.3. The third-order valence-corrected chi connectivity index (χ3v) is 5.75. The van der Waals surface area contributed by atoms with E-state index in [1.165, 1.54) is 16.4 Å². The maximum atomic E-state index is 13.3. The molecule has 6 heteroatoms. The van der Waals surface area contributed by atoms with Gasteiger partial charge in [-0.1, -0.05) is 13.3 Å². The second-order valence-electron chi connectivity index (χ2n) is 5.07. The summed E-state index contributed by atoms with van der Waals surface area (Å²) in [6.45, 7) is 4.71. The summed E-state index contributed by atoms with van der Waals surface area (Å²) in [5, 5.41) is 0. The molecule has 1 aliphatic rings. The molecule has 0 spiro atoms. The lowest BCUT2D eigenvalue weighted by Gasteiger charge is -2.18. The van der Waals surface area contributed by atoms with Crippen LogP contribution in [0.3, 0.4) is 0 Å². The second-order valence-corrected chi connectivity index (χ2v) is 6.97. The van der Waals surface area contributed by atoms with E-state index < -0.39 is 15.8 Å². The van der Waals surface area contributed by atoms with Crippen LogP contribution in [0, 0.1) is 18.7 Å². The number of benzene rings is 1. The van der Waals surface area contributed by atoms with Crippen LogP contribution in [0.2, 0.25) is 0 Å². The van der Waals surface area contributed by atoms with E-state index >= 15 is 0 Å². The molecule has 1 unspecified atom stereocenters. The van der Waals surface area contributed by atoms with Gasteiger partial charge >= 0.3 is 0 Å². The number of anilines is 1. The minimum Gasteiger partial charge on any atom is -0.396 e.